The van der Waals surface area contributed by atoms with E-state index < -0.39 is 0 Å². The third kappa shape index (κ3) is 2.24. The standard InChI is InChI=1S/C21H30O3/c1-3-21-12-18(22)20-15-8-6-14(24-4-2)11-13(15)5-7-16(20)17(21)9-10-19(21)23/h6,8,11,16-20,22-23H,3-5,7,9-10,12H2,1-2H3/t16-,17-,18+,19-,20+,21-/m0/s1. The minimum absolute atomic E-state index is 0.0522. The van der Waals surface area contributed by atoms with Crippen LogP contribution in [0.25, 0.3) is 0 Å². The monoisotopic (exact) mass is 330 g/mol. The first kappa shape index (κ1) is 16.4. The van der Waals surface area contributed by atoms with Crippen LogP contribution in [0.5, 0.6) is 5.75 Å². The largest absolute Gasteiger partial charge is 0.494 e. The molecule has 0 aromatic heterocycles. The first-order valence-electron chi connectivity index (χ1n) is 9.72. The summed E-state index contributed by atoms with van der Waals surface area (Å²) in [5.74, 6) is 2.25. The number of aliphatic hydroxyl groups is 2. The average Bonchev–Trinajstić information content (AvgIpc) is 2.92. The lowest BCUT2D eigenvalue weighted by molar-refractivity contribution is -0.0922. The summed E-state index contributed by atoms with van der Waals surface area (Å²) >= 11 is 0. The summed E-state index contributed by atoms with van der Waals surface area (Å²) in [5, 5.41) is 21.7. The van der Waals surface area contributed by atoms with Gasteiger partial charge in [0.15, 0.2) is 0 Å². The Labute approximate surface area is 145 Å². The molecular formula is C21H30O3. The van der Waals surface area contributed by atoms with Crippen LogP contribution in [-0.2, 0) is 6.42 Å². The number of fused-ring (bicyclic) bond motifs is 5. The third-order valence-corrected chi connectivity index (χ3v) is 7.32. The van der Waals surface area contributed by atoms with E-state index in [0.29, 0.717) is 18.4 Å². The van der Waals surface area contributed by atoms with Crippen LogP contribution in [0, 0.1) is 17.3 Å². The van der Waals surface area contributed by atoms with Crippen molar-refractivity contribution in [2.24, 2.45) is 17.3 Å². The van der Waals surface area contributed by atoms with E-state index in [9.17, 15) is 10.2 Å². The van der Waals surface area contributed by atoms with E-state index in [0.717, 1.165) is 44.3 Å². The predicted octanol–water partition coefficient (Wildman–Crippen LogP) is 3.66. The van der Waals surface area contributed by atoms with Gasteiger partial charge < -0.3 is 14.9 Å². The van der Waals surface area contributed by atoms with E-state index in [1.54, 1.807) is 0 Å². The summed E-state index contributed by atoms with van der Waals surface area (Å²) in [6.45, 7) is 4.89. The van der Waals surface area contributed by atoms with Gasteiger partial charge in [0, 0.05) is 11.3 Å². The first-order valence-corrected chi connectivity index (χ1v) is 9.72. The van der Waals surface area contributed by atoms with Crippen molar-refractivity contribution >= 4 is 0 Å². The van der Waals surface area contributed by atoms with E-state index in [-0.39, 0.29) is 23.5 Å². The zero-order valence-electron chi connectivity index (χ0n) is 14.9. The Morgan fingerprint density at radius 1 is 1.17 bits per heavy atom. The van der Waals surface area contributed by atoms with Crippen LogP contribution in [0.4, 0.5) is 0 Å². The fourth-order valence-electron chi connectivity index (χ4n) is 6.30. The van der Waals surface area contributed by atoms with Gasteiger partial charge in [0.25, 0.3) is 0 Å². The SMILES string of the molecule is CCOc1ccc2c(c1)CC[C@@H]1[C@@H]2[C@H](O)C[C@]2(CC)[C@@H](O)CC[C@@H]12. The number of aliphatic hydroxyl groups excluding tert-OH is 2. The molecule has 1 aromatic carbocycles. The maximum Gasteiger partial charge on any atom is 0.119 e. The van der Waals surface area contributed by atoms with E-state index in [1.807, 2.05) is 6.92 Å². The lowest BCUT2D eigenvalue weighted by Crippen LogP contribution is -2.51. The van der Waals surface area contributed by atoms with Gasteiger partial charge in [-0.25, -0.2) is 0 Å². The molecular weight excluding hydrogens is 300 g/mol. The Kier molecular flexibility index (Phi) is 4.12. The Morgan fingerprint density at radius 2 is 2.00 bits per heavy atom. The van der Waals surface area contributed by atoms with Crippen molar-refractivity contribution in [3.05, 3.63) is 29.3 Å². The van der Waals surface area contributed by atoms with E-state index in [2.05, 4.69) is 25.1 Å². The molecule has 24 heavy (non-hydrogen) atoms. The molecule has 2 fully saturated rings. The van der Waals surface area contributed by atoms with Gasteiger partial charge in [-0.3, -0.25) is 0 Å². The van der Waals surface area contributed by atoms with Gasteiger partial charge in [-0.2, -0.15) is 0 Å². The molecule has 0 amide bonds. The van der Waals surface area contributed by atoms with Crippen LogP contribution in [-0.4, -0.2) is 29.0 Å². The predicted molar refractivity (Wildman–Crippen MR) is 94.2 cm³/mol. The number of ether oxygens (including phenoxy) is 1. The van der Waals surface area contributed by atoms with Gasteiger partial charge in [0.2, 0.25) is 0 Å². The zero-order chi connectivity index (χ0) is 16.9. The molecule has 4 rings (SSSR count). The summed E-state index contributed by atoms with van der Waals surface area (Å²) in [6.07, 6.45) is 5.39. The van der Waals surface area contributed by atoms with Crippen LogP contribution < -0.4 is 4.74 Å². The molecule has 132 valence electrons. The number of hydrogen-bond acceptors (Lipinski definition) is 3. The zero-order valence-corrected chi connectivity index (χ0v) is 14.9. The van der Waals surface area contributed by atoms with E-state index in [1.165, 1.54) is 11.1 Å². The van der Waals surface area contributed by atoms with Crippen LogP contribution in [0.15, 0.2) is 18.2 Å². The molecule has 0 spiro atoms. The number of hydrogen-bond donors (Lipinski definition) is 2. The second-order valence-corrected chi connectivity index (χ2v) is 8.08. The lowest BCUT2D eigenvalue weighted by Gasteiger charge is -2.53. The molecule has 2 saturated carbocycles. The molecule has 0 aliphatic heterocycles. The summed E-state index contributed by atoms with van der Waals surface area (Å²) in [7, 11) is 0. The number of benzene rings is 1. The van der Waals surface area contributed by atoms with Crippen molar-refractivity contribution in [2.75, 3.05) is 6.61 Å². The molecule has 6 atom stereocenters. The molecule has 0 bridgehead atoms. The summed E-state index contributed by atoms with van der Waals surface area (Å²) in [6, 6.07) is 6.42. The molecule has 0 unspecified atom stereocenters. The molecule has 3 heteroatoms. The van der Waals surface area contributed by atoms with Gasteiger partial charge in [0.1, 0.15) is 5.75 Å². The number of rotatable bonds is 3. The van der Waals surface area contributed by atoms with Gasteiger partial charge in [-0.1, -0.05) is 13.0 Å². The van der Waals surface area contributed by atoms with Crippen molar-refractivity contribution in [3.8, 4) is 5.75 Å². The highest BCUT2D eigenvalue weighted by Crippen LogP contribution is 2.62. The van der Waals surface area contributed by atoms with Crippen LogP contribution in [0.3, 0.4) is 0 Å². The molecule has 3 nitrogen and oxygen atoms in total. The minimum atomic E-state index is -0.337. The highest BCUT2D eigenvalue weighted by molar-refractivity contribution is 5.41. The van der Waals surface area contributed by atoms with Crippen LogP contribution in [0.1, 0.15) is 63.0 Å². The maximum absolute atomic E-state index is 11.0. The van der Waals surface area contributed by atoms with Gasteiger partial charge in [-0.15, -0.1) is 0 Å². The van der Waals surface area contributed by atoms with Crippen LogP contribution in [0.2, 0.25) is 0 Å². The quantitative estimate of drug-likeness (QED) is 0.889. The first-order chi connectivity index (χ1) is 11.6. The molecule has 0 radical (unpaired) electrons. The highest BCUT2D eigenvalue weighted by atomic mass is 16.5. The average molecular weight is 330 g/mol. The molecule has 2 N–H and O–H groups in total. The molecule has 1 aromatic rings. The third-order valence-electron chi connectivity index (χ3n) is 7.32. The van der Waals surface area contributed by atoms with Crippen molar-refractivity contribution in [1.29, 1.82) is 0 Å². The van der Waals surface area contributed by atoms with Gasteiger partial charge >= 0.3 is 0 Å². The summed E-state index contributed by atoms with van der Waals surface area (Å²) in [4.78, 5) is 0. The molecule has 3 aliphatic rings. The van der Waals surface area contributed by atoms with E-state index >= 15 is 0 Å². The van der Waals surface area contributed by atoms with Crippen molar-refractivity contribution in [3.63, 3.8) is 0 Å². The van der Waals surface area contributed by atoms with Crippen molar-refractivity contribution in [2.45, 2.75) is 70.5 Å². The minimum Gasteiger partial charge on any atom is -0.494 e. The number of aryl methyl sites for hydroxylation is 1. The highest BCUT2D eigenvalue weighted by Gasteiger charge is 2.58. The smallest absolute Gasteiger partial charge is 0.119 e. The Morgan fingerprint density at radius 3 is 2.75 bits per heavy atom. The van der Waals surface area contributed by atoms with Crippen molar-refractivity contribution < 1.29 is 14.9 Å². The Hall–Kier alpha value is -1.06. The normalized spacial score (nSPS) is 40.6. The van der Waals surface area contributed by atoms with Crippen LogP contribution >= 0.6 is 0 Å². The second-order valence-electron chi connectivity index (χ2n) is 8.08. The second kappa shape index (κ2) is 6.03. The Balaban J connectivity index is 1.70. The molecule has 3 aliphatic carbocycles. The van der Waals surface area contributed by atoms with Gasteiger partial charge in [0.05, 0.1) is 18.8 Å². The molecule has 0 heterocycles. The fraction of sp³-hybridized carbons (Fsp3) is 0.714. The summed E-state index contributed by atoms with van der Waals surface area (Å²) < 4.78 is 5.66. The topological polar surface area (TPSA) is 49.7 Å². The molecule has 0 saturated heterocycles. The fourth-order valence-corrected chi connectivity index (χ4v) is 6.30. The lowest BCUT2D eigenvalue weighted by atomic mass is 9.53. The maximum atomic E-state index is 11.0. The van der Waals surface area contributed by atoms with Crippen molar-refractivity contribution in [1.82, 2.24) is 0 Å². The Bertz CT molecular complexity index is 613. The van der Waals surface area contributed by atoms with Gasteiger partial charge in [-0.05, 0) is 80.5 Å². The van der Waals surface area contributed by atoms with E-state index in [4.69, 9.17) is 4.74 Å². The summed E-state index contributed by atoms with van der Waals surface area (Å²) in [5.41, 5.74) is 2.63.